The van der Waals surface area contributed by atoms with Crippen LogP contribution in [0.25, 0.3) is 0 Å². The van der Waals surface area contributed by atoms with E-state index in [-0.39, 0.29) is 73.8 Å². The Labute approximate surface area is 283 Å². The van der Waals surface area contributed by atoms with Crippen molar-refractivity contribution in [2.75, 3.05) is 38.5 Å². The Morgan fingerprint density at radius 1 is 1.15 bits per heavy atom. The number of ether oxygens (including phenoxy) is 1. The summed E-state index contributed by atoms with van der Waals surface area (Å²) >= 11 is 0. The van der Waals surface area contributed by atoms with Crippen molar-refractivity contribution < 1.29 is 41.9 Å². The molecule has 1 aromatic heterocycles. The van der Waals surface area contributed by atoms with Crippen molar-refractivity contribution in [3.05, 3.63) is 53.8 Å². The molecular weight excluding hydrogens is 640 g/mol. The highest BCUT2D eigenvalue weighted by Gasteiger charge is 2.50. The number of esters is 1. The zero-order chi connectivity index (χ0) is 35.6. The fourth-order valence-corrected chi connectivity index (χ4v) is 7.92. The van der Waals surface area contributed by atoms with Crippen LogP contribution in [0.4, 0.5) is 0 Å². The van der Waals surface area contributed by atoms with Crippen molar-refractivity contribution >= 4 is 33.4 Å². The third-order valence-corrected chi connectivity index (χ3v) is 10.8. The molecule has 0 aromatic carbocycles. The van der Waals surface area contributed by atoms with Gasteiger partial charge in [0.15, 0.2) is 15.5 Å². The summed E-state index contributed by atoms with van der Waals surface area (Å²) in [5, 5.41) is 11.9. The number of amides is 2. The molecule has 1 fully saturated rings. The topological polar surface area (TPSA) is 176 Å². The maximum atomic E-state index is 14.0. The number of hydrogen-bond acceptors (Lipinski definition) is 11. The number of oxazole rings is 1. The Morgan fingerprint density at radius 3 is 2.52 bits per heavy atom. The Kier molecular flexibility index (Phi) is 14.3. The smallest absolute Gasteiger partial charge is 0.330 e. The highest BCUT2D eigenvalue weighted by molar-refractivity contribution is 7.92. The molecule has 3 heterocycles. The molecule has 14 heteroatoms. The summed E-state index contributed by atoms with van der Waals surface area (Å²) in [4.78, 5) is 60.3. The first-order valence-corrected chi connectivity index (χ1v) is 18.3. The van der Waals surface area contributed by atoms with Crippen molar-refractivity contribution in [2.24, 2.45) is 11.8 Å². The van der Waals surface area contributed by atoms with E-state index in [0.717, 1.165) is 11.2 Å². The number of Topliss-reactive ketones (excluding diaryl/α,β-unsaturated/α-hetero) is 1. The van der Waals surface area contributed by atoms with E-state index in [9.17, 15) is 32.7 Å². The summed E-state index contributed by atoms with van der Waals surface area (Å²) in [6.45, 7) is 12.9. The summed E-state index contributed by atoms with van der Waals surface area (Å²) < 4.78 is 38.9. The molecule has 48 heavy (non-hydrogen) atoms. The van der Waals surface area contributed by atoms with Gasteiger partial charge in [-0.05, 0) is 38.4 Å². The molecular formula is C34H50N4O9S. The molecule has 266 valence electrons. The van der Waals surface area contributed by atoms with Crippen molar-refractivity contribution in [1.29, 1.82) is 0 Å². The number of rotatable bonds is 7. The van der Waals surface area contributed by atoms with E-state index >= 15 is 0 Å². The van der Waals surface area contributed by atoms with Crippen molar-refractivity contribution in [3.8, 4) is 0 Å². The molecule has 2 aliphatic heterocycles. The predicted molar refractivity (Wildman–Crippen MR) is 180 cm³/mol. The van der Waals surface area contributed by atoms with Gasteiger partial charge in [-0.1, -0.05) is 64.5 Å². The quantitative estimate of drug-likeness (QED) is 0.402. The Hall–Kier alpha value is -3.62. The Balaban J connectivity index is 2.00. The van der Waals surface area contributed by atoms with Gasteiger partial charge in [0.1, 0.15) is 24.2 Å². The molecule has 1 saturated heterocycles. The molecule has 13 nitrogen and oxygen atoms in total. The van der Waals surface area contributed by atoms with Gasteiger partial charge in [-0.25, -0.2) is 18.2 Å². The second-order valence-corrected chi connectivity index (χ2v) is 15.0. The van der Waals surface area contributed by atoms with E-state index < -0.39 is 51.1 Å². The van der Waals surface area contributed by atoms with Crippen LogP contribution < -0.4 is 5.32 Å². The number of carbonyl (C=O) groups is 4. The van der Waals surface area contributed by atoms with Crippen LogP contribution in [0.2, 0.25) is 0 Å². The minimum atomic E-state index is -3.87. The molecule has 2 bridgehead atoms. The van der Waals surface area contributed by atoms with E-state index in [1.165, 1.54) is 12.2 Å². The summed E-state index contributed by atoms with van der Waals surface area (Å²) in [5.41, 5.74) is 0.505. The van der Waals surface area contributed by atoms with Gasteiger partial charge in [0, 0.05) is 32.0 Å². The SMILES string of the molecule is CCN(CC)CCS(=O)(=O)C1CCN2C(=O)c3coc(n3)CC(=O)CC(O)/C=C(C)/C=C\CNC(=O)C=CC(C)C(C(C)C)OC(=O)C12. The number of aromatic nitrogens is 1. The average molecular weight is 691 g/mol. The number of aliphatic hydroxyl groups excluding tert-OH is 1. The zero-order valence-electron chi connectivity index (χ0n) is 28.8. The second-order valence-electron chi connectivity index (χ2n) is 12.7. The van der Waals surface area contributed by atoms with Crippen LogP contribution >= 0.6 is 0 Å². The summed E-state index contributed by atoms with van der Waals surface area (Å²) in [7, 11) is -3.87. The number of ketones is 1. The number of carbonyl (C=O) groups excluding carboxylic acids is 4. The largest absolute Gasteiger partial charge is 0.460 e. The van der Waals surface area contributed by atoms with E-state index in [0.29, 0.717) is 18.7 Å². The fraction of sp³-hybridized carbons (Fsp3) is 0.618. The minimum Gasteiger partial charge on any atom is -0.460 e. The zero-order valence-corrected chi connectivity index (χ0v) is 29.6. The van der Waals surface area contributed by atoms with E-state index in [2.05, 4.69) is 10.3 Å². The van der Waals surface area contributed by atoms with Crippen molar-refractivity contribution in [1.82, 2.24) is 20.1 Å². The highest BCUT2D eigenvalue weighted by Crippen LogP contribution is 2.30. The van der Waals surface area contributed by atoms with E-state index in [4.69, 9.17) is 9.15 Å². The maximum absolute atomic E-state index is 14.0. The first-order chi connectivity index (χ1) is 22.7. The molecule has 0 saturated carbocycles. The standard InChI is InChI=1S/C34H50N4O9S/c1-7-37(8-2)16-17-48(44,45)28-13-15-38-31(28)34(43)47-32(22(3)4)24(6)11-12-29(41)35-14-9-10-23(5)18-25(39)19-26(40)20-30-36-27(21-46-30)33(38)42/h9-12,18,21-22,24-25,28,31-32,39H,7-8,13-17,19-20H2,1-6H3,(H,35,41)/b10-9-,12-11?,23-18+. The van der Waals surface area contributed by atoms with Gasteiger partial charge < -0.3 is 29.4 Å². The normalized spacial score (nSPS) is 27.4. The molecule has 2 aliphatic rings. The van der Waals surface area contributed by atoms with Crippen LogP contribution in [-0.4, -0.2) is 114 Å². The molecule has 0 spiro atoms. The van der Waals surface area contributed by atoms with Crippen LogP contribution in [0.1, 0.15) is 70.8 Å². The van der Waals surface area contributed by atoms with Crippen molar-refractivity contribution in [3.63, 3.8) is 0 Å². The van der Waals surface area contributed by atoms with Gasteiger partial charge in [-0.2, -0.15) is 0 Å². The number of cyclic esters (lactones) is 1. The monoisotopic (exact) mass is 690 g/mol. The summed E-state index contributed by atoms with van der Waals surface area (Å²) in [6.07, 6.45) is 6.68. The number of allylic oxidation sites excluding steroid dienone is 2. The van der Waals surface area contributed by atoms with Gasteiger partial charge in [0.2, 0.25) is 11.8 Å². The van der Waals surface area contributed by atoms with Gasteiger partial charge >= 0.3 is 5.97 Å². The summed E-state index contributed by atoms with van der Waals surface area (Å²) in [5.74, 6) is -3.23. The van der Waals surface area contributed by atoms with Crippen LogP contribution in [-0.2, 0) is 35.4 Å². The average Bonchev–Trinajstić information content (AvgIpc) is 3.68. The van der Waals surface area contributed by atoms with Crippen LogP contribution in [0.5, 0.6) is 0 Å². The van der Waals surface area contributed by atoms with Crippen LogP contribution in [0.3, 0.4) is 0 Å². The number of hydrogen-bond donors (Lipinski definition) is 2. The lowest BCUT2D eigenvalue weighted by atomic mass is 9.94. The number of nitrogens with zero attached hydrogens (tertiary/aromatic N) is 3. The minimum absolute atomic E-state index is 0.0243. The lowest BCUT2D eigenvalue weighted by Crippen LogP contribution is -2.50. The second kappa shape index (κ2) is 17.7. The van der Waals surface area contributed by atoms with Crippen LogP contribution in [0, 0.1) is 11.8 Å². The first-order valence-electron chi connectivity index (χ1n) is 16.6. The lowest BCUT2D eigenvalue weighted by molar-refractivity contribution is -0.157. The third-order valence-electron chi connectivity index (χ3n) is 8.66. The van der Waals surface area contributed by atoms with Crippen LogP contribution in [0.15, 0.2) is 46.6 Å². The molecule has 5 atom stereocenters. The van der Waals surface area contributed by atoms with Crippen molar-refractivity contribution in [2.45, 2.75) is 84.3 Å². The lowest BCUT2D eigenvalue weighted by Gasteiger charge is -2.31. The Morgan fingerprint density at radius 2 is 1.85 bits per heavy atom. The number of fused-ring (bicyclic) bond motifs is 3. The molecule has 2 N–H and O–H groups in total. The third kappa shape index (κ3) is 10.7. The molecule has 5 unspecified atom stereocenters. The van der Waals surface area contributed by atoms with Gasteiger partial charge in [0.25, 0.3) is 5.91 Å². The predicted octanol–water partition coefficient (Wildman–Crippen LogP) is 2.27. The van der Waals surface area contributed by atoms with E-state index in [1.54, 1.807) is 32.1 Å². The number of aliphatic hydroxyl groups is 1. The number of nitrogens with one attached hydrogen (secondary N) is 1. The highest BCUT2D eigenvalue weighted by atomic mass is 32.2. The molecule has 1 aromatic rings. The maximum Gasteiger partial charge on any atom is 0.330 e. The van der Waals surface area contributed by atoms with Gasteiger partial charge in [0.05, 0.1) is 23.5 Å². The molecule has 2 amide bonds. The fourth-order valence-electron chi connectivity index (χ4n) is 5.99. The molecule has 3 rings (SSSR count). The molecule has 0 radical (unpaired) electrons. The number of sulfone groups is 1. The van der Waals surface area contributed by atoms with E-state index in [1.807, 2.05) is 32.6 Å². The first kappa shape index (κ1) is 38.8. The van der Waals surface area contributed by atoms with Gasteiger partial charge in [-0.15, -0.1) is 0 Å². The molecule has 0 aliphatic carbocycles. The Bertz CT molecular complexity index is 1490. The van der Waals surface area contributed by atoms with Gasteiger partial charge in [-0.3, -0.25) is 14.4 Å². The summed E-state index contributed by atoms with van der Waals surface area (Å²) in [6, 6.07) is -1.44.